The first-order valence-electron chi connectivity index (χ1n) is 11.8. The SMILES string of the molecule is CCS(=O)(=O)N1CCN(Cc2cccc(C(=O)N3CCN(Cc4ccccc4)CC3)c2)CC1. The van der Waals surface area contributed by atoms with E-state index in [1.807, 2.05) is 35.2 Å². The number of nitrogens with zero attached hydrogens (tertiary/aromatic N) is 4. The molecule has 0 atom stereocenters. The Bertz CT molecular complexity index is 1030. The Labute approximate surface area is 197 Å². The average molecular weight is 471 g/mol. The van der Waals surface area contributed by atoms with E-state index in [0.29, 0.717) is 26.2 Å². The van der Waals surface area contributed by atoms with E-state index in [-0.39, 0.29) is 11.7 Å². The molecule has 7 nitrogen and oxygen atoms in total. The normalized spacial score (nSPS) is 19.0. The quantitative estimate of drug-likeness (QED) is 0.620. The van der Waals surface area contributed by atoms with Gasteiger partial charge in [-0.15, -0.1) is 0 Å². The molecule has 2 fully saturated rings. The molecule has 2 aliphatic heterocycles. The highest BCUT2D eigenvalue weighted by atomic mass is 32.2. The van der Waals surface area contributed by atoms with Crippen molar-refractivity contribution in [1.29, 1.82) is 0 Å². The topological polar surface area (TPSA) is 64.2 Å². The van der Waals surface area contributed by atoms with Gasteiger partial charge in [0.25, 0.3) is 5.91 Å². The van der Waals surface area contributed by atoms with Crippen molar-refractivity contribution in [3.8, 4) is 0 Å². The van der Waals surface area contributed by atoms with Crippen molar-refractivity contribution >= 4 is 15.9 Å². The van der Waals surface area contributed by atoms with E-state index in [2.05, 4.69) is 34.1 Å². The Hall–Kier alpha value is -2.26. The number of hydrogen-bond donors (Lipinski definition) is 0. The second-order valence-electron chi connectivity index (χ2n) is 8.83. The second kappa shape index (κ2) is 10.8. The summed E-state index contributed by atoms with van der Waals surface area (Å²) in [7, 11) is -3.12. The maximum Gasteiger partial charge on any atom is 0.253 e. The average Bonchev–Trinajstić information content (AvgIpc) is 2.85. The van der Waals surface area contributed by atoms with Gasteiger partial charge in [0.2, 0.25) is 10.0 Å². The number of hydrogen-bond acceptors (Lipinski definition) is 5. The molecule has 0 aliphatic carbocycles. The Morgan fingerprint density at radius 3 is 1.97 bits per heavy atom. The monoisotopic (exact) mass is 470 g/mol. The minimum absolute atomic E-state index is 0.0927. The zero-order valence-corrected chi connectivity index (χ0v) is 20.2. The molecular formula is C25H34N4O3S. The van der Waals surface area contributed by atoms with Gasteiger partial charge in [0.05, 0.1) is 5.75 Å². The Balaban J connectivity index is 1.29. The van der Waals surface area contributed by atoms with E-state index < -0.39 is 10.0 Å². The molecule has 178 valence electrons. The number of sulfonamides is 1. The van der Waals surface area contributed by atoms with Crippen molar-refractivity contribution in [2.45, 2.75) is 20.0 Å². The van der Waals surface area contributed by atoms with Crippen molar-refractivity contribution in [2.24, 2.45) is 0 Å². The summed E-state index contributed by atoms with van der Waals surface area (Å²) in [6.45, 7) is 9.06. The maximum absolute atomic E-state index is 13.1. The predicted molar refractivity (Wildman–Crippen MR) is 130 cm³/mol. The van der Waals surface area contributed by atoms with E-state index in [1.165, 1.54) is 5.56 Å². The van der Waals surface area contributed by atoms with Gasteiger partial charge in [-0.3, -0.25) is 14.6 Å². The van der Waals surface area contributed by atoms with Gasteiger partial charge in [-0.05, 0) is 30.2 Å². The highest BCUT2D eigenvalue weighted by Gasteiger charge is 2.26. The molecule has 2 saturated heterocycles. The molecule has 4 rings (SSSR count). The third-order valence-electron chi connectivity index (χ3n) is 6.58. The Morgan fingerprint density at radius 1 is 0.758 bits per heavy atom. The number of rotatable bonds is 7. The van der Waals surface area contributed by atoms with Crippen LogP contribution >= 0.6 is 0 Å². The molecule has 0 aromatic heterocycles. The van der Waals surface area contributed by atoms with Crippen molar-refractivity contribution in [3.63, 3.8) is 0 Å². The van der Waals surface area contributed by atoms with Gasteiger partial charge in [-0.2, -0.15) is 4.31 Å². The van der Waals surface area contributed by atoms with Gasteiger partial charge in [0, 0.05) is 71.0 Å². The number of carbonyl (C=O) groups excluding carboxylic acids is 1. The first kappa shape index (κ1) is 23.9. The van der Waals surface area contributed by atoms with Gasteiger partial charge < -0.3 is 4.90 Å². The van der Waals surface area contributed by atoms with Crippen LogP contribution in [-0.2, 0) is 23.1 Å². The summed E-state index contributed by atoms with van der Waals surface area (Å²) in [6, 6.07) is 18.3. The summed E-state index contributed by atoms with van der Waals surface area (Å²) < 4.78 is 25.7. The summed E-state index contributed by atoms with van der Waals surface area (Å²) in [5.41, 5.74) is 3.13. The molecule has 0 N–H and O–H groups in total. The zero-order chi connectivity index (χ0) is 23.3. The number of benzene rings is 2. The van der Waals surface area contributed by atoms with Gasteiger partial charge in [-0.1, -0.05) is 42.5 Å². The molecule has 0 saturated carbocycles. The van der Waals surface area contributed by atoms with Crippen LogP contribution in [0.2, 0.25) is 0 Å². The summed E-state index contributed by atoms with van der Waals surface area (Å²) in [6.07, 6.45) is 0. The summed E-state index contributed by atoms with van der Waals surface area (Å²) in [5, 5.41) is 0. The number of carbonyl (C=O) groups is 1. The Kier molecular flexibility index (Phi) is 7.80. The minimum Gasteiger partial charge on any atom is -0.336 e. The summed E-state index contributed by atoms with van der Waals surface area (Å²) >= 11 is 0. The highest BCUT2D eigenvalue weighted by Crippen LogP contribution is 2.16. The molecule has 2 aliphatic rings. The van der Waals surface area contributed by atoms with Crippen LogP contribution in [0.15, 0.2) is 54.6 Å². The van der Waals surface area contributed by atoms with Crippen molar-refractivity contribution in [3.05, 3.63) is 71.3 Å². The van der Waals surface area contributed by atoms with Gasteiger partial charge >= 0.3 is 0 Å². The van der Waals surface area contributed by atoms with Crippen LogP contribution in [0.25, 0.3) is 0 Å². The third kappa shape index (κ3) is 6.20. The molecule has 0 unspecified atom stereocenters. The lowest BCUT2D eigenvalue weighted by atomic mass is 10.1. The standard InChI is InChI=1S/C25H34N4O3S/c1-2-33(31,32)29-17-13-27(14-18-29)21-23-9-6-10-24(19-23)25(30)28-15-11-26(12-16-28)20-22-7-4-3-5-8-22/h3-10,19H,2,11-18,20-21H2,1H3. The molecule has 2 aromatic carbocycles. The molecule has 0 radical (unpaired) electrons. The van der Waals surface area contributed by atoms with E-state index in [0.717, 1.165) is 50.4 Å². The largest absolute Gasteiger partial charge is 0.336 e. The third-order valence-corrected chi connectivity index (χ3v) is 8.46. The fourth-order valence-corrected chi connectivity index (χ4v) is 5.63. The van der Waals surface area contributed by atoms with Crippen LogP contribution in [0.3, 0.4) is 0 Å². The molecule has 1 amide bonds. The van der Waals surface area contributed by atoms with Crippen LogP contribution in [0.5, 0.6) is 0 Å². The van der Waals surface area contributed by atoms with Crippen molar-refractivity contribution in [2.75, 3.05) is 58.1 Å². The lowest BCUT2D eigenvalue weighted by Gasteiger charge is -2.35. The van der Waals surface area contributed by atoms with Crippen LogP contribution in [0, 0.1) is 0 Å². The Morgan fingerprint density at radius 2 is 1.33 bits per heavy atom. The van der Waals surface area contributed by atoms with Crippen LogP contribution in [0.4, 0.5) is 0 Å². The van der Waals surface area contributed by atoms with Crippen LogP contribution < -0.4 is 0 Å². The number of amides is 1. The van der Waals surface area contributed by atoms with E-state index in [1.54, 1.807) is 11.2 Å². The van der Waals surface area contributed by atoms with Crippen LogP contribution in [-0.4, -0.2) is 91.4 Å². The molecule has 2 aromatic rings. The first-order valence-corrected chi connectivity index (χ1v) is 13.4. The second-order valence-corrected chi connectivity index (χ2v) is 11.1. The van der Waals surface area contributed by atoms with Crippen LogP contribution in [0.1, 0.15) is 28.4 Å². The molecule has 33 heavy (non-hydrogen) atoms. The van der Waals surface area contributed by atoms with E-state index >= 15 is 0 Å². The first-order chi connectivity index (χ1) is 15.9. The smallest absolute Gasteiger partial charge is 0.253 e. The maximum atomic E-state index is 13.1. The van der Waals surface area contributed by atoms with Gasteiger partial charge in [0.1, 0.15) is 0 Å². The lowest BCUT2D eigenvalue weighted by Crippen LogP contribution is -2.48. The minimum atomic E-state index is -3.12. The zero-order valence-electron chi connectivity index (χ0n) is 19.4. The molecule has 0 spiro atoms. The highest BCUT2D eigenvalue weighted by molar-refractivity contribution is 7.89. The lowest BCUT2D eigenvalue weighted by molar-refractivity contribution is 0.0628. The summed E-state index contributed by atoms with van der Waals surface area (Å²) in [4.78, 5) is 19.7. The predicted octanol–water partition coefficient (Wildman–Crippen LogP) is 2.11. The van der Waals surface area contributed by atoms with Gasteiger partial charge in [0.15, 0.2) is 0 Å². The fraction of sp³-hybridized carbons (Fsp3) is 0.480. The van der Waals surface area contributed by atoms with Crippen molar-refractivity contribution in [1.82, 2.24) is 19.0 Å². The number of piperazine rings is 2. The molecule has 2 heterocycles. The van der Waals surface area contributed by atoms with E-state index in [9.17, 15) is 13.2 Å². The molecule has 8 heteroatoms. The van der Waals surface area contributed by atoms with Gasteiger partial charge in [-0.25, -0.2) is 8.42 Å². The molecule has 0 bridgehead atoms. The fourth-order valence-electron chi connectivity index (χ4n) is 4.54. The van der Waals surface area contributed by atoms with E-state index in [4.69, 9.17) is 0 Å². The summed E-state index contributed by atoms with van der Waals surface area (Å²) in [5.74, 6) is 0.243. The molecular weight excluding hydrogens is 436 g/mol. The van der Waals surface area contributed by atoms with Crippen molar-refractivity contribution < 1.29 is 13.2 Å².